The van der Waals surface area contributed by atoms with Crippen molar-refractivity contribution in [3.63, 3.8) is 0 Å². The first-order valence-corrected chi connectivity index (χ1v) is 10.3. The Balaban J connectivity index is 1.73. The topological polar surface area (TPSA) is 111 Å². The number of hydrogen-bond donors (Lipinski definition) is 2. The largest absolute Gasteiger partial charge is 0.508 e. The molecule has 4 heterocycles. The standard InChI is InChI=1S/C23H22N2O6/c1-3-23(29)16-8-18-20-12(9-25(18)21(27)15(16)11-31-22(23)28)7-13-14(10-30-4-2)19(26)6-5-17(13)24-20/h5-8,26,29H,3-4,9-11H2,1-2H3/t23-/m0/s1. The Kier molecular flexibility index (Phi) is 4.39. The van der Waals surface area contributed by atoms with E-state index < -0.39 is 11.6 Å². The van der Waals surface area contributed by atoms with Crippen molar-refractivity contribution < 1.29 is 24.5 Å². The molecule has 0 amide bonds. The van der Waals surface area contributed by atoms with Crippen molar-refractivity contribution in [1.82, 2.24) is 9.55 Å². The Morgan fingerprint density at radius 1 is 1.26 bits per heavy atom. The van der Waals surface area contributed by atoms with E-state index in [4.69, 9.17) is 14.5 Å². The number of hydrogen-bond acceptors (Lipinski definition) is 7. The maximum atomic E-state index is 13.2. The Labute approximate surface area is 177 Å². The molecule has 1 aromatic carbocycles. The van der Waals surface area contributed by atoms with Gasteiger partial charge in [-0.05, 0) is 37.6 Å². The summed E-state index contributed by atoms with van der Waals surface area (Å²) in [6.45, 7) is 4.48. The van der Waals surface area contributed by atoms with Gasteiger partial charge in [-0.15, -0.1) is 0 Å². The molecule has 8 nitrogen and oxygen atoms in total. The molecule has 0 saturated heterocycles. The van der Waals surface area contributed by atoms with Crippen LogP contribution in [0.2, 0.25) is 0 Å². The highest BCUT2D eigenvalue weighted by Crippen LogP contribution is 2.39. The molecule has 0 bridgehead atoms. The Morgan fingerprint density at radius 2 is 2.06 bits per heavy atom. The molecule has 0 fully saturated rings. The van der Waals surface area contributed by atoms with E-state index in [0.717, 1.165) is 10.9 Å². The van der Waals surface area contributed by atoms with Crippen molar-refractivity contribution >= 4 is 16.9 Å². The number of aromatic nitrogens is 2. The van der Waals surface area contributed by atoms with Gasteiger partial charge in [0.15, 0.2) is 5.60 Å². The van der Waals surface area contributed by atoms with Crippen LogP contribution in [0, 0.1) is 0 Å². The molecule has 0 radical (unpaired) electrons. The van der Waals surface area contributed by atoms with Gasteiger partial charge in [0.25, 0.3) is 5.56 Å². The number of carbonyl (C=O) groups excluding carboxylic acids is 1. The zero-order valence-electron chi connectivity index (χ0n) is 17.3. The molecule has 3 aromatic rings. The minimum absolute atomic E-state index is 0.0970. The molecule has 1 atom stereocenters. The molecule has 2 N–H and O–H groups in total. The van der Waals surface area contributed by atoms with Crippen LogP contribution in [0.4, 0.5) is 0 Å². The first-order valence-electron chi connectivity index (χ1n) is 10.3. The molecule has 8 heteroatoms. The van der Waals surface area contributed by atoms with Crippen LogP contribution in [0.1, 0.15) is 42.5 Å². The molecule has 5 rings (SSSR count). The van der Waals surface area contributed by atoms with E-state index in [2.05, 4.69) is 0 Å². The van der Waals surface area contributed by atoms with E-state index in [1.807, 2.05) is 13.0 Å². The fraction of sp³-hybridized carbons (Fsp3) is 0.348. The van der Waals surface area contributed by atoms with Gasteiger partial charge in [-0.25, -0.2) is 9.78 Å². The van der Waals surface area contributed by atoms with Crippen molar-refractivity contribution in [2.45, 2.75) is 45.6 Å². The van der Waals surface area contributed by atoms with Gasteiger partial charge in [-0.2, -0.15) is 0 Å². The summed E-state index contributed by atoms with van der Waals surface area (Å²) in [4.78, 5) is 30.2. The fourth-order valence-electron chi connectivity index (χ4n) is 4.46. The third-order valence-electron chi connectivity index (χ3n) is 6.23. The molecule has 2 aromatic heterocycles. The molecule has 160 valence electrons. The number of aliphatic hydroxyl groups is 1. The summed E-state index contributed by atoms with van der Waals surface area (Å²) in [6, 6.07) is 6.91. The SMILES string of the molecule is CCOCc1c(O)ccc2nc3c(cc12)Cn1c-3cc2c(c1=O)COC(=O)[C@]2(O)CC. The summed E-state index contributed by atoms with van der Waals surface area (Å²) < 4.78 is 12.2. The van der Waals surface area contributed by atoms with Gasteiger partial charge >= 0.3 is 5.97 Å². The van der Waals surface area contributed by atoms with E-state index in [1.165, 1.54) is 0 Å². The average Bonchev–Trinajstić information content (AvgIpc) is 3.13. The van der Waals surface area contributed by atoms with Crippen molar-refractivity contribution in [2.24, 2.45) is 0 Å². The number of esters is 1. The zero-order chi connectivity index (χ0) is 21.9. The lowest BCUT2D eigenvalue weighted by Crippen LogP contribution is -2.44. The smallest absolute Gasteiger partial charge is 0.343 e. The van der Waals surface area contributed by atoms with Crippen molar-refractivity contribution in [3.8, 4) is 17.1 Å². The van der Waals surface area contributed by atoms with Gasteiger partial charge < -0.3 is 24.3 Å². The number of rotatable bonds is 4. The number of cyclic esters (lactones) is 1. The van der Waals surface area contributed by atoms with Crippen LogP contribution in [0.5, 0.6) is 5.75 Å². The molecule has 31 heavy (non-hydrogen) atoms. The van der Waals surface area contributed by atoms with Crippen molar-refractivity contribution in [2.75, 3.05) is 6.61 Å². The van der Waals surface area contributed by atoms with Crippen LogP contribution < -0.4 is 5.56 Å². The predicted octanol–water partition coefficient (Wildman–Crippen LogP) is 2.32. The van der Waals surface area contributed by atoms with Gasteiger partial charge in [-0.1, -0.05) is 6.92 Å². The lowest BCUT2D eigenvalue weighted by molar-refractivity contribution is -0.172. The molecule has 0 saturated carbocycles. The lowest BCUT2D eigenvalue weighted by atomic mass is 9.86. The molecular weight excluding hydrogens is 400 g/mol. The Bertz CT molecular complexity index is 1310. The van der Waals surface area contributed by atoms with E-state index in [-0.39, 0.29) is 30.9 Å². The van der Waals surface area contributed by atoms with Gasteiger partial charge in [0.2, 0.25) is 0 Å². The van der Waals surface area contributed by atoms with Crippen LogP contribution in [-0.4, -0.2) is 32.3 Å². The van der Waals surface area contributed by atoms with E-state index in [1.54, 1.807) is 29.7 Å². The highest BCUT2D eigenvalue weighted by molar-refractivity contribution is 5.89. The van der Waals surface area contributed by atoms with Crippen LogP contribution in [-0.2, 0) is 39.6 Å². The van der Waals surface area contributed by atoms with Crippen LogP contribution in [0.15, 0.2) is 29.1 Å². The number of phenols is 1. The Hall–Kier alpha value is -3.23. The first-order chi connectivity index (χ1) is 14.9. The zero-order valence-corrected chi connectivity index (χ0v) is 17.3. The Morgan fingerprint density at radius 3 is 2.81 bits per heavy atom. The number of carbonyl (C=O) groups is 1. The summed E-state index contributed by atoms with van der Waals surface area (Å²) in [6.07, 6.45) is 0.0970. The third kappa shape index (κ3) is 2.72. The molecule has 0 aliphatic carbocycles. The third-order valence-corrected chi connectivity index (χ3v) is 6.23. The normalized spacial score (nSPS) is 19.1. The molecule has 0 unspecified atom stereocenters. The number of fused-ring (bicyclic) bond motifs is 5. The van der Waals surface area contributed by atoms with Gasteiger partial charge in [0, 0.05) is 28.7 Å². The highest BCUT2D eigenvalue weighted by atomic mass is 16.6. The summed E-state index contributed by atoms with van der Waals surface area (Å²) in [5, 5.41) is 22.0. The number of ether oxygens (including phenoxy) is 2. The molecular formula is C23H22N2O6. The average molecular weight is 422 g/mol. The van der Waals surface area contributed by atoms with E-state index >= 15 is 0 Å². The van der Waals surface area contributed by atoms with E-state index in [9.17, 15) is 19.8 Å². The molecule has 0 spiro atoms. The van der Waals surface area contributed by atoms with Crippen LogP contribution in [0.25, 0.3) is 22.3 Å². The summed E-state index contributed by atoms with van der Waals surface area (Å²) in [7, 11) is 0. The molecule has 2 aliphatic heterocycles. The van der Waals surface area contributed by atoms with Gasteiger partial charge in [0.05, 0.1) is 35.6 Å². The van der Waals surface area contributed by atoms with Crippen molar-refractivity contribution in [3.05, 3.63) is 56.9 Å². The number of pyridine rings is 2. The second-order valence-corrected chi connectivity index (χ2v) is 7.87. The number of benzene rings is 1. The first kappa shape index (κ1) is 19.7. The quantitative estimate of drug-likeness (QED) is 0.486. The predicted molar refractivity (Wildman–Crippen MR) is 112 cm³/mol. The second kappa shape index (κ2) is 6.90. The highest BCUT2D eigenvalue weighted by Gasteiger charge is 2.45. The second-order valence-electron chi connectivity index (χ2n) is 7.87. The summed E-state index contributed by atoms with van der Waals surface area (Å²) in [5.74, 6) is -0.609. The number of aromatic hydroxyl groups is 1. The maximum Gasteiger partial charge on any atom is 0.343 e. The van der Waals surface area contributed by atoms with Crippen molar-refractivity contribution in [1.29, 1.82) is 0 Å². The lowest BCUT2D eigenvalue weighted by Gasteiger charge is -2.31. The summed E-state index contributed by atoms with van der Waals surface area (Å²) in [5.41, 5.74) is 1.75. The number of nitrogens with zero attached hydrogens (tertiary/aromatic N) is 2. The van der Waals surface area contributed by atoms with E-state index in [0.29, 0.717) is 46.7 Å². The van der Waals surface area contributed by atoms with Gasteiger partial charge in [-0.3, -0.25) is 4.79 Å². The number of phenolic OH excluding ortho intramolecular Hbond substituents is 1. The van der Waals surface area contributed by atoms with Crippen LogP contribution >= 0.6 is 0 Å². The minimum atomic E-state index is -1.85. The van der Waals surface area contributed by atoms with Crippen LogP contribution in [0.3, 0.4) is 0 Å². The maximum absolute atomic E-state index is 13.2. The molecule has 2 aliphatic rings. The summed E-state index contributed by atoms with van der Waals surface area (Å²) >= 11 is 0. The fourth-order valence-corrected chi connectivity index (χ4v) is 4.46. The minimum Gasteiger partial charge on any atom is -0.508 e. The monoisotopic (exact) mass is 422 g/mol. The van der Waals surface area contributed by atoms with Gasteiger partial charge in [0.1, 0.15) is 12.4 Å².